The summed E-state index contributed by atoms with van der Waals surface area (Å²) in [5.41, 5.74) is 8.59. The molecule has 2 aromatic rings. The van der Waals surface area contributed by atoms with E-state index in [4.69, 9.17) is 10.7 Å². The van der Waals surface area contributed by atoms with E-state index < -0.39 is 0 Å². The molecule has 1 aromatic heterocycles. The summed E-state index contributed by atoms with van der Waals surface area (Å²) in [7, 11) is 0. The molecule has 1 atom stereocenters. The smallest absolute Gasteiger partial charge is 0.103 e. The summed E-state index contributed by atoms with van der Waals surface area (Å²) >= 11 is 3.70. The van der Waals surface area contributed by atoms with Crippen molar-refractivity contribution in [1.29, 1.82) is 0 Å². The minimum Gasteiger partial charge on any atom is -0.323 e. The standard InChI is InChI=1S/C15H18N2S2/c1-10-5-7-11(8-6-10)18-9-14-17-15-12(16)3-2-4-13(15)19-14/h5-8,12H,2-4,9,16H2,1H3. The fourth-order valence-electron chi connectivity index (χ4n) is 2.34. The van der Waals surface area contributed by atoms with Crippen LogP contribution >= 0.6 is 23.1 Å². The van der Waals surface area contributed by atoms with Crippen LogP contribution in [0.2, 0.25) is 0 Å². The first-order valence-corrected chi connectivity index (χ1v) is 8.46. The van der Waals surface area contributed by atoms with Crippen LogP contribution in [0.4, 0.5) is 0 Å². The number of aryl methyl sites for hydroxylation is 2. The molecule has 2 nitrogen and oxygen atoms in total. The molecule has 0 aliphatic heterocycles. The summed E-state index contributed by atoms with van der Waals surface area (Å²) in [6.07, 6.45) is 3.46. The van der Waals surface area contributed by atoms with E-state index in [1.54, 1.807) is 0 Å². The molecule has 1 aliphatic carbocycles. The van der Waals surface area contributed by atoms with E-state index in [9.17, 15) is 0 Å². The molecule has 2 N–H and O–H groups in total. The van der Waals surface area contributed by atoms with Crippen LogP contribution in [-0.2, 0) is 12.2 Å². The second-order valence-corrected chi connectivity index (χ2v) is 7.23. The summed E-state index contributed by atoms with van der Waals surface area (Å²) in [5, 5.41) is 1.22. The van der Waals surface area contributed by atoms with E-state index >= 15 is 0 Å². The Labute approximate surface area is 122 Å². The van der Waals surface area contributed by atoms with Crippen molar-refractivity contribution in [2.75, 3.05) is 0 Å². The van der Waals surface area contributed by atoms with Gasteiger partial charge in [-0.05, 0) is 38.3 Å². The molecule has 4 heteroatoms. The second kappa shape index (κ2) is 5.65. The van der Waals surface area contributed by atoms with Gasteiger partial charge in [-0.25, -0.2) is 4.98 Å². The van der Waals surface area contributed by atoms with Crippen LogP contribution < -0.4 is 5.73 Å². The molecule has 1 unspecified atom stereocenters. The zero-order valence-corrected chi connectivity index (χ0v) is 12.7. The van der Waals surface area contributed by atoms with Gasteiger partial charge in [-0.2, -0.15) is 0 Å². The van der Waals surface area contributed by atoms with Crippen molar-refractivity contribution in [3.8, 4) is 0 Å². The quantitative estimate of drug-likeness (QED) is 0.866. The lowest BCUT2D eigenvalue weighted by atomic mass is 9.99. The lowest BCUT2D eigenvalue weighted by molar-refractivity contribution is 0.563. The molecule has 1 aromatic carbocycles. The van der Waals surface area contributed by atoms with Gasteiger partial charge in [0.25, 0.3) is 0 Å². The van der Waals surface area contributed by atoms with Crippen molar-refractivity contribution in [1.82, 2.24) is 4.98 Å². The average molecular weight is 290 g/mol. The van der Waals surface area contributed by atoms with Crippen LogP contribution in [0.15, 0.2) is 29.2 Å². The van der Waals surface area contributed by atoms with Crippen LogP contribution in [0.1, 0.15) is 40.0 Å². The van der Waals surface area contributed by atoms with Crippen molar-refractivity contribution < 1.29 is 0 Å². The Balaban J connectivity index is 1.69. The summed E-state index contributed by atoms with van der Waals surface area (Å²) in [6, 6.07) is 8.84. The van der Waals surface area contributed by atoms with Gasteiger partial charge in [0.2, 0.25) is 0 Å². The maximum atomic E-state index is 6.12. The topological polar surface area (TPSA) is 38.9 Å². The summed E-state index contributed by atoms with van der Waals surface area (Å²) in [4.78, 5) is 7.46. The van der Waals surface area contributed by atoms with Gasteiger partial charge in [-0.15, -0.1) is 23.1 Å². The number of thiazole rings is 1. The lowest BCUT2D eigenvalue weighted by Gasteiger charge is -2.15. The minimum absolute atomic E-state index is 0.165. The summed E-state index contributed by atoms with van der Waals surface area (Å²) in [6.45, 7) is 2.12. The maximum absolute atomic E-state index is 6.12. The molecule has 1 heterocycles. The van der Waals surface area contributed by atoms with Gasteiger partial charge in [0.1, 0.15) is 5.01 Å². The van der Waals surface area contributed by atoms with Gasteiger partial charge in [-0.1, -0.05) is 17.7 Å². The Bertz CT molecular complexity index is 560. The second-order valence-electron chi connectivity index (χ2n) is 5.02. The van der Waals surface area contributed by atoms with Crippen molar-refractivity contribution in [3.05, 3.63) is 45.4 Å². The number of nitrogens with zero attached hydrogens (tertiary/aromatic N) is 1. The Morgan fingerprint density at radius 3 is 2.89 bits per heavy atom. The van der Waals surface area contributed by atoms with Crippen LogP contribution in [0.3, 0.4) is 0 Å². The van der Waals surface area contributed by atoms with Crippen molar-refractivity contribution in [3.63, 3.8) is 0 Å². The third kappa shape index (κ3) is 3.02. The number of hydrogen-bond donors (Lipinski definition) is 1. The van der Waals surface area contributed by atoms with Crippen molar-refractivity contribution in [2.24, 2.45) is 5.73 Å². The van der Waals surface area contributed by atoms with E-state index in [-0.39, 0.29) is 6.04 Å². The van der Waals surface area contributed by atoms with E-state index in [2.05, 4.69) is 31.2 Å². The zero-order chi connectivity index (χ0) is 13.2. The molecule has 0 radical (unpaired) electrons. The van der Waals surface area contributed by atoms with Gasteiger partial charge in [0.05, 0.1) is 11.4 Å². The van der Waals surface area contributed by atoms with Crippen LogP contribution in [0.5, 0.6) is 0 Å². The molecular formula is C15H18N2S2. The van der Waals surface area contributed by atoms with E-state index in [1.807, 2.05) is 23.1 Å². The molecule has 0 saturated carbocycles. The predicted octanol–water partition coefficient (Wildman–Crippen LogP) is 4.08. The van der Waals surface area contributed by atoms with Gasteiger partial charge >= 0.3 is 0 Å². The van der Waals surface area contributed by atoms with Gasteiger partial charge in [-0.3, -0.25) is 0 Å². The fraction of sp³-hybridized carbons (Fsp3) is 0.400. The average Bonchev–Trinajstić information content (AvgIpc) is 2.83. The highest BCUT2D eigenvalue weighted by molar-refractivity contribution is 7.98. The maximum Gasteiger partial charge on any atom is 0.103 e. The number of aromatic nitrogens is 1. The van der Waals surface area contributed by atoms with E-state index in [0.29, 0.717) is 0 Å². The normalized spacial score (nSPS) is 18.3. The Morgan fingerprint density at radius 1 is 1.37 bits per heavy atom. The molecule has 0 amide bonds. The zero-order valence-electron chi connectivity index (χ0n) is 11.1. The molecule has 19 heavy (non-hydrogen) atoms. The third-order valence-corrected chi connectivity index (χ3v) is 5.76. The lowest BCUT2D eigenvalue weighted by Crippen LogP contribution is -2.16. The largest absolute Gasteiger partial charge is 0.323 e. The highest BCUT2D eigenvalue weighted by Gasteiger charge is 2.21. The molecule has 0 fully saturated rings. The highest BCUT2D eigenvalue weighted by Crippen LogP contribution is 2.34. The molecule has 0 saturated heterocycles. The molecule has 0 spiro atoms. The van der Waals surface area contributed by atoms with Crippen molar-refractivity contribution in [2.45, 2.75) is 42.9 Å². The Hall–Kier alpha value is -0.840. The summed E-state index contributed by atoms with van der Waals surface area (Å²) in [5.74, 6) is 0.952. The van der Waals surface area contributed by atoms with Crippen LogP contribution in [0.25, 0.3) is 0 Å². The van der Waals surface area contributed by atoms with Crippen molar-refractivity contribution >= 4 is 23.1 Å². The van der Waals surface area contributed by atoms with E-state index in [0.717, 1.165) is 24.3 Å². The first-order valence-electron chi connectivity index (χ1n) is 6.66. The number of fused-ring (bicyclic) bond motifs is 1. The number of benzene rings is 1. The van der Waals surface area contributed by atoms with Crippen LogP contribution in [-0.4, -0.2) is 4.98 Å². The number of hydrogen-bond acceptors (Lipinski definition) is 4. The Kier molecular flexibility index (Phi) is 3.91. The highest BCUT2D eigenvalue weighted by atomic mass is 32.2. The Morgan fingerprint density at radius 2 is 2.16 bits per heavy atom. The van der Waals surface area contributed by atoms with Gasteiger partial charge < -0.3 is 5.73 Å². The number of thioether (sulfide) groups is 1. The molecule has 1 aliphatic rings. The molecule has 0 bridgehead atoms. The van der Waals surface area contributed by atoms with Gasteiger partial charge in [0, 0.05) is 15.8 Å². The fourth-order valence-corrected chi connectivity index (χ4v) is 4.42. The van der Waals surface area contributed by atoms with E-state index in [1.165, 1.54) is 26.8 Å². The number of rotatable bonds is 3. The predicted molar refractivity (Wildman–Crippen MR) is 82.7 cm³/mol. The minimum atomic E-state index is 0.165. The summed E-state index contributed by atoms with van der Waals surface area (Å²) < 4.78 is 0. The third-order valence-electron chi connectivity index (χ3n) is 3.43. The van der Waals surface area contributed by atoms with Gasteiger partial charge in [0.15, 0.2) is 0 Å². The first kappa shape index (κ1) is 13.2. The monoisotopic (exact) mass is 290 g/mol. The SMILES string of the molecule is Cc1ccc(SCc2nc3c(s2)CCCC3N)cc1. The number of nitrogens with two attached hydrogens (primary N) is 1. The van der Waals surface area contributed by atoms with Crippen LogP contribution in [0, 0.1) is 6.92 Å². The molecule has 100 valence electrons. The molecular weight excluding hydrogens is 272 g/mol. The first-order chi connectivity index (χ1) is 9.22. The molecule has 3 rings (SSSR count).